The highest BCUT2D eigenvalue weighted by Crippen LogP contribution is 2.24. The molecule has 0 aliphatic carbocycles. The van der Waals surface area contributed by atoms with Crippen molar-refractivity contribution >= 4 is 22.6 Å². The Balaban J connectivity index is 1.64. The third kappa shape index (κ3) is 3.66. The number of fused-ring (bicyclic) bond motifs is 1. The van der Waals surface area contributed by atoms with E-state index in [2.05, 4.69) is 53.8 Å². The van der Waals surface area contributed by atoms with Crippen molar-refractivity contribution in [2.45, 2.75) is 34.1 Å². The van der Waals surface area contributed by atoms with Crippen LogP contribution in [0.4, 0.5) is 5.69 Å². The van der Waals surface area contributed by atoms with Gasteiger partial charge in [-0.3, -0.25) is 4.79 Å². The van der Waals surface area contributed by atoms with Crippen molar-refractivity contribution in [2.75, 3.05) is 31.1 Å². The maximum Gasteiger partial charge on any atom is 0.223 e. The van der Waals surface area contributed by atoms with Crippen molar-refractivity contribution in [2.24, 2.45) is 5.41 Å². The topological polar surface area (TPSA) is 52.2 Å². The molecular formula is C18H26N4O. The SMILES string of the molecule is Cc1nc2ccc(N3CCN(C(=O)CC(C)(C)C)CC3)cc2[nH]1. The number of carbonyl (C=O) groups is 1. The predicted octanol–water partition coefficient (Wildman–Crippen LogP) is 2.96. The summed E-state index contributed by atoms with van der Waals surface area (Å²) < 4.78 is 0. The minimum Gasteiger partial charge on any atom is -0.368 e. The maximum atomic E-state index is 12.3. The number of nitrogens with one attached hydrogen (secondary N) is 1. The fourth-order valence-corrected chi connectivity index (χ4v) is 3.10. The molecule has 5 heteroatoms. The van der Waals surface area contributed by atoms with Crippen molar-refractivity contribution in [1.82, 2.24) is 14.9 Å². The first-order chi connectivity index (χ1) is 10.8. The van der Waals surface area contributed by atoms with E-state index in [0.717, 1.165) is 43.0 Å². The predicted molar refractivity (Wildman–Crippen MR) is 93.7 cm³/mol. The smallest absolute Gasteiger partial charge is 0.223 e. The molecule has 0 radical (unpaired) electrons. The summed E-state index contributed by atoms with van der Waals surface area (Å²) in [5.74, 6) is 1.21. The number of piperazine rings is 1. The average molecular weight is 314 g/mol. The molecule has 1 aliphatic rings. The van der Waals surface area contributed by atoms with Gasteiger partial charge in [0.05, 0.1) is 11.0 Å². The van der Waals surface area contributed by atoms with Gasteiger partial charge >= 0.3 is 0 Å². The van der Waals surface area contributed by atoms with E-state index in [1.54, 1.807) is 0 Å². The lowest BCUT2D eigenvalue weighted by Crippen LogP contribution is -2.49. The molecule has 1 amide bonds. The van der Waals surface area contributed by atoms with Crippen molar-refractivity contribution in [1.29, 1.82) is 0 Å². The van der Waals surface area contributed by atoms with Crippen LogP contribution in [0.25, 0.3) is 11.0 Å². The Kier molecular flexibility index (Phi) is 4.04. The second kappa shape index (κ2) is 5.87. The molecule has 124 valence electrons. The normalized spacial score (nSPS) is 16.2. The van der Waals surface area contributed by atoms with Gasteiger partial charge in [-0.05, 0) is 30.5 Å². The molecule has 2 heterocycles. The van der Waals surface area contributed by atoms with Crippen LogP contribution in [0.3, 0.4) is 0 Å². The largest absolute Gasteiger partial charge is 0.368 e. The number of hydrogen-bond donors (Lipinski definition) is 1. The summed E-state index contributed by atoms with van der Waals surface area (Å²) in [5.41, 5.74) is 3.33. The van der Waals surface area contributed by atoms with Gasteiger partial charge in [0.2, 0.25) is 5.91 Å². The first-order valence-corrected chi connectivity index (χ1v) is 8.31. The maximum absolute atomic E-state index is 12.3. The lowest BCUT2D eigenvalue weighted by Gasteiger charge is -2.37. The van der Waals surface area contributed by atoms with Crippen LogP contribution in [0.1, 0.15) is 33.0 Å². The van der Waals surface area contributed by atoms with E-state index in [4.69, 9.17) is 0 Å². The minimum atomic E-state index is 0.0533. The molecule has 0 spiro atoms. The summed E-state index contributed by atoms with van der Waals surface area (Å²) in [6, 6.07) is 6.34. The van der Waals surface area contributed by atoms with Gasteiger partial charge in [0.1, 0.15) is 5.82 Å². The van der Waals surface area contributed by atoms with Gasteiger partial charge in [0, 0.05) is 38.3 Å². The Bertz CT molecular complexity index is 705. The zero-order valence-electron chi connectivity index (χ0n) is 14.5. The third-order valence-corrected chi connectivity index (χ3v) is 4.26. The van der Waals surface area contributed by atoms with Crippen LogP contribution in [0.5, 0.6) is 0 Å². The Morgan fingerprint density at radius 3 is 2.57 bits per heavy atom. The standard InChI is InChI=1S/C18H26N4O/c1-13-19-15-6-5-14(11-16(15)20-13)21-7-9-22(10-8-21)17(23)12-18(2,3)4/h5-6,11H,7-10,12H2,1-4H3,(H,19,20). The molecule has 1 aromatic heterocycles. The monoisotopic (exact) mass is 314 g/mol. The van der Waals surface area contributed by atoms with Crippen molar-refractivity contribution < 1.29 is 4.79 Å². The minimum absolute atomic E-state index is 0.0533. The van der Waals surface area contributed by atoms with Gasteiger partial charge in [0.25, 0.3) is 0 Å². The van der Waals surface area contributed by atoms with Gasteiger partial charge in [-0.1, -0.05) is 20.8 Å². The summed E-state index contributed by atoms with van der Waals surface area (Å²) in [7, 11) is 0. The van der Waals surface area contributed by atoms with Crippen LogP contribution < -0.4 is 4.90 Å². The fourth-order valence-electron chi connectivity index (χ4n) is 3.10. The molecule has 0 saturated carbocycles. The van der Waals surface area contributed by atoms with Crippen molar-refractivity contribution in [3.63, 3.8) is 0 Å². The first kappa shape index (κ1) is 15.8. The molecule has 1 saturated heterocycles. The van der Waals surface area contributed by atoms with Crippen LogP contribution >= 0.6 is 0 Å². The highest BCUT2D eigenvalue weighted by Gasteiger charge is 2.25. The lowest BCUT2D eigenvalue weighted by molar-refractivity contribution is -0.133. The lowest BCUT2D eigenvalue weighted by atomic mass is 9.91. The highest BCUT2D eigenvalue weighted by atomic mass is 16.2. The second-order valence-corrected chi connectivity index (χ2v) is 7.63. The van der Waals surface area contributed by atoms with Crippen LogP contribution in [-0.4, -0.2) is 47.0 Å². The Hall–Kier alpha value is -2.04. The number of anilines is 1. The van der Waals surface area contributed by atoms with Gasteiger partial charge in [-0.15, -0.1) is 0 Å². The molecule has 3 rings (SSSR count). The first-order valence-electron chi connectivity index (χ1n) is 8.31. The Morgan fingerprint density at radius 1 is 1.22 bits per heavy atom. The fraction of sp³-hybridized carbons (Fsp3) is 0.556. The molecule has 23 heavy (non-hydrogen) atoms. The van der Waals surface area contributed by atoms with Crippen LogP contribution in [0, 0.1) is 12.3 Å². The molecule has 2 aromatic rings. The summed E-state index contributed by atoms with van der Waals surface area (Å²) in [6.07, 6.45) is 0.617. The summed E-state index contributed by atoms with van der Waals surface area (Å²) in [6.45, 7) is 11.7. The number of rotatable bonds is 2. The number of amides is 1. The van der Waals surface area contributed by atoms with E-state index >= 15 is 0 Å². The van der Waals surface area contributed by atoms with E-state index in [1.165, 1.54) is 5.69 Å². The Labute approximate surface area is 137 Å². The molecule has 1 fully saturated rings. The van der Waals surface area contributed by atoms with E-state index < -0.39 is 0 Å². The number of hydrogen-bond acceptors (Lipinski definition) is 3. The van der Waals surface area contributed by atoms with E-state index in [0.29, 0.717) is 6.42 Å². The van der Waals surface area contributed by atoms with Gasteiger partial charge in [-0.25, -0.2) is 4.98 Å². The summed E-state index contributed by atoms with van der Waals surface area (Å²) in [5, 5.41) is 0. The molecule has 0 unspecified atom stereocenters. The van der Waals surface area contributed by atoms with Crippen LogP contribution in [0.2, 0.25) is 0 Å². The van der Waals surface area contributed by atoms with E-state index in [9.17, 15) is 4.79 Å². The van der Waals surface area contributed by atoms with Crippen LogP contribution in [-0.2, 0) is 4.79 Å². The number of benzene rings is 1. The van der Waals surface area contributed by atoms with Crippen molar-refractivity contribution in [3.05, 3.63) is 24.0 Å². The van der Waals surface area contributed by atoms with Crippen LogP contribution in [0.15, 0.2) is 18.2 Å². The molecule has 1 aromatic carbocycles. The average Bonchev–Trinajstić information content (AvgIpc) is 2.84. The molecule has 5 nitrogen and oxygen atoms in total. The Morgan fingerprint density at radius 2 is 1.91 bits per heavy atom. The second-order valence-electron chi connectivity index (χ2n) is 7.63. The quantitative estimate of drug-likeness (QED) is 0.927. The number of nitrogens with zero attached hydrogens (tertiary/aromatic N) is 3. The summed E-state index contributed by atoms with van der Waals surface area (Å²) in [4.78, 5) is 24.4. The number of H-pyrrole nitrogens is 1. The number of aryl methyl sites for hydroxylation is 1. The zero-order chi connectivity index (χ0) is 16.6. The highest BCUT2D eigenvalue weighted by molar-refractivity contribution is 5.80. The van der Waals surface area contributed by atoms with Gasteiger partial charge in [0.15, 0.2) is 0 Å². The van der Waals surface area contributed by atoms with Gasteiger partial charge in [-0.2, -0.15) is 0 Å². The van der Waals surface area contributed by atoms with E-state index in [1.807, 2.05) is 11.8 Å². The summed E-state index contributed by atoms with van der Waals surface area (Å²) >= 11 is 0. The van der Waals surface area contributed by atoms with E-state index in [-0.39, 0.29) is 11.3 Å². The molecule has 0 atom stereocenters. The number of carbonyl (C=O) groups excluding carboxylic acids is 1. The molecule has 1 aliphatic heterocycles. The molecular weight excluding hydrogens is 288 g/mol. The number of aromatic nitrogens is 2. The van der Waals surface area contributed by atoms with Gasteiger partial charge < -0.3 is 14.8 Å². The number of imidazole rings is 1. The zero-order valence-corrected chi connectivity index (χ0v) is 14.5. The number of aromatic amines is 1. The van der Waals surface area contributed by atoms with Crippen molar-refractivity contribution in [3.8, 4) is 0 Å². The molecule has 1 N–H and O–H groups in total. The molecule has 0 bridgehead atoms. The third-order valence-electron chi connectivity index (χ3n) is 4.26.